The van der Waals surface area contributed by atoms with Crippen molar-refractivity contribution in [1.82, 2.24) is 4.90 Å². The van der Waals surface area contributed by atoms with Gasteiger partial charge in [-0.05, 0) is 61.6 Å². The third-order valence-electron chi connectivity index (χ3n) is 7.68. The minimum atomic E-state index is -0.121. The highest BCUT2D eigenvalue weighted by Crippen LogP contribution is 2.33. The van der Waals surface area contributed by atoms with Crippen LogP contribution in [0.25, 0.3) is 5.70 Å². The van der Waals surface area contributed by atoms with Crippen molar-refractivity contribution >= 4 is 11.4 Å². The smallest absolute Gasteiger partial charge is 0.159 e. The van der Waals surface area contributed by atoms with Crippen molar-refractivity contribution in [2.45, 2.75) is 37.9 Å². The second-order valence-electron chi connectivity index (χ2n) is 10.00. The zero-order chi connectivity index (χ0) is 26.4. The Labute approximate surface area is 220 Å². The topological polar surface area (TPSA) is 123 Å². The lowest BCUT2D eigenvalue weighted by Gasteiger charge is -2.37. The van der Waals surface area contributed by atoms with Crippen LogP contribution in [0.1, 0.15) is 42.7 Å². The monoisotopic (exact) mass is 507 g/mol. The molecule has 0 radical (unpaired) electrons. The van der Waals surface area contributed by atoms with Gasteiger partial charge in [-0.1, -0.05) is 24.3 Å². The van der Waals surface area contributed by atoms with Gasteiger partial charge in [0.25, 0.3) is 0 Å². The predicted molar refractivity (Wildman–Crippen MR) is 148 cm³/mol. The lowest BCUT2D eigenvalue weighted by Crippen LogP contribution is -2.39. The Kier molecular flexibility index (Phi) is 8.84. The number of benzene rings is 2. The Hall–Kier alpha value is -3.36. The first-order chi connectivity index (χ1) is 17.9. The Bertz CT molecular complexity index is 1080. The summed E-state index contributed by atoms with van der Waals surface area (Å²) in [5, 5.41) is 10.2. The van der Waals surface area contributed by atoms with E-state index in [0.717, 1.165) is 51.9 Å². The van der Waals surface area contributed by atoms with E-state index in [0.29, 0.717) is 28.8 Å². The fourth-order valence-electron chi connectivity index (χ4n) is 5.64. The van der Waals surface area contributed by atoms with Crippen LogP contribution in [0.4, 0.5) is 5.69 Å². The Morgan fingerprint density at radius 1 is 0.946 bits per heavy atom. The third-order valence-corrected chi connectivity index (χ3v) is 7.68. The molecule has 200 valence electrons. The average molecular weight is 508 g/mol. The molecule has 8 heteroatoms. The first-order valence-corrected chi connectivity index (χ1v) is 13.1. The summed E-state index contributed by atoms with van der Waals surface area (Å²) in [6, 6.07) is 16.0. The van der Waals surface area contributed by atoms with Gasteiger partial charge in [0.2, 0.25) is 0 Å². The van der Waals surface area contributed by atoms with E-state index in [2.05, 4.69) is 34.1 Å². The number of hydrogen-bond acceptors (Lipinski definition) is 8. The molecule has 2 aliphatic rings. The zero-order valence-corrected chi connectivity index (χ0v) is 22.0. The number of phenols is 1. The fraction of sp³-hybridized carbons (Fsp3) is 0.448. The first-order valence-electron chi connectivity index (χ1n) is 13.1. The van der Waals surface area contributed by atoms with Crippen molar-refractivity contribution in [3.63, 3.8) is 0 Å². The van der Waals surface area contributed by atoms with Crippen LogP contribution in [0, 0.1) is 5.92 Å². The van der Waals surface area contributed by atoms with Crippen molar-refractivity contribution in [1.29, 1.82) is 0 Å². The van der Waals surface area contributed by atoms with Gasteiger partial charge in [0.1, 0.15) is 11.6 Å². The second kappa shape index (κ2) is 12.3. The highest BCUT2D eigenvalue weighted by Gasteiger charge is 2.27. The number of hydrogen-bond donors (Lipinski definition) is 4. The molecule has 2 fully saturated rings. The quantitative estimate of drug-likeness (QED) is 0.316. The Balaban J connectivity index is 1.42. The van der Waals surface area contributed by atoms with E-state index in [9.17, 15) is 5.11 Å². The lowest BCUT2D eigenvalue weighted by molar-refractivity contribution is -0.141. The summed E-state index contributed by atoms with van der Waals surface area (Å²) in [5.41, 5.74) is 22.8. The molecular weight excluding hydrogens is 466 g/mol. The first kappa shape index (κ1) is 26.7. The van der Waals surface area contributed by atoms with Crippen molar-refractivity contribution in [3.8, 4) is 5.75 Å². The molecular formula is C29H41N5O3. The maximum absolute atomic E-state index is 10.2. The summed E-state index contributed by atoms with van der Waals surface area (Å²) < 4.78 is 10.9. The molecule has 2 heterocycles. The van der Waals surface area contributed by atoms with Crippen molar-refractivity contribution in [2.75, 3.05) is 45.3 Å². The highest BCUT2D eigenvalue weighted by atomic mass is 16.7. The highest BCUT2D eigenvalue weighted by molar-refractivity contribution is 5.70. The molecule has 8 nitrogen and oxygen atoms in total. The molecule has 1 atom stereocenters. The van der Waals surface area contributed by atoms with Crippen LogP contribution >= 0.6 is 0 Å². The number of rotatable bonds is 8. The number of nitrogens with two attached hydrogens (primary N) is 3. The molecule has 0 saturated carbocycles. The van der Waals surface area contributed by atoms with Gasteiger partial charge in [0.15, 0.2) is 6.29 Å². The molecule has 2 aliphatic heterocycles. The van der Waals surface area contributed by atoms with Crippen molar-refractivity contribution < 1.29 is 14.6 Å². The summed E-state index contributed by atoms with van der Waals surface area (Å²) in [4.78, 5) is 4.65. The molecule has 0 aliphatic carbocycles. The largest absolute Gasteiger partial charge is 0.507 e. The van der Waals surface area contributed by atoms with E-state index >= 15 is 0 Å². The number of aromatic hydroxyl groups is 1. The summed E-state index contributed by atoms with van der Waals surface area (Å²) in [6.07, 6.45) is 5.90. The van der Waals surface area contributed by atoms with Gasteiger partial charge in [-0.3, -0.25) is 0 Å². The number of likely N-dealkylation sites (tertiary alicyclic amines) is 1. The molecule has 4 rings (SSSR count). The number of allylic oxidation sites excluding steroid dienone is 1. The molecule has 0 spiro atoms. The van der Waals surface area contributed by atoms with Gasteiger partial charge in [-0.25, -0.2) is 0 Å². The Morgan fingerprint density at radius 3 is 2.24 bits per heavy atom. The van der Waals surface area contributed by atoms with Gasteiger partial charge < -0.3 is 41.6 Å². The number of phenolic OH excluding ortho intramolecular Hbond substituents is 1. The minimum Gasteiger partial charge on any atom is -0.507 e. The van der Waals surface area contributed by atoms with Gasteiger partial charge in [-0.15, -0.1) is 0 Å². The van der Waals surface area contributed by atoms with Crippen LogP contribution in [0.2, 0.25) is 0 Å². The van der Waals surface area contributed by atoms with Crippen LogP contribution in [0.5, 0.6) is 5.75 Å². The number of nitrogens with zero attached hydrogens (tertiary/aromatic N) is 2. The molecule has 0 aromatic heterocycles. The van der Waals surface area contributed by atoms with Crippen LogP contribution in [0.3, 0.4) is 0 Å². The van der Waals surface area contributed by atoms with Crippen LogP contribution in [-0.4, -0.2) is 56.7 Å². The molecule has 2 saturated heterocycles. The van der Waals surface area contributed by atoms with Gasteiger partial charge in [0, 0.05) is 69.2 Å². The zero-order valence-electron chi connectivity index (χ0n) is 22.0. The number of methoxy groups -OCH3 is 2. The normalized spacial score (nSPS) is 19.3. The van der Waals surface area contributed by atoms with Crippen LogP contribution in [0.15, 0.2) is 66.1 Å². The second-order valence-corrected chi connectivity index (χ2v) is 10.00. The molecule has 0 amide bonds. The molecule has 1 unspecified atom stereocenters. The van der Waals surface area contributed by atoms with Crippen LogP contribution in [-0.2, 0) is 9.47 Å². The maximum Gasteiger partial charge on any atom is 0.159 e. The number of piperidine rings is 2. The number of ether oxygens (including phenoxy) is 2. The average Bonchev–Trinajstić information content (AvgIpc) is 2.93. The van der Waals surface area contributed by atoms with Crippen LogP contribution < -0.4 is 22.1 Å². The van der Waals surface area contributed by atoms with Gasteiger partial charge >= 0.3 is 0 Å². The molecule has 37 heavy (non-hydrogen) atoms. The summed E-state index contributed by atoms with van der Waals surface area (Å²) in [5.74, 6) is 1.16. The van der Waals surface area contributed by atoms with Gasteiger partial charge in [-0.2, -0.15) is 0 Å². The van der Waals surface area contributed by atoms with Crippen molar-refractivity contribution in [3.05, 3.63) is 77.3 Å². The van der Waals surface area contributed by atoms with E-state index in [1.165, 1.54) is 11.3 Å². The molecule has 7 N–H and O–H groups in total. The van der Waals surface area contributed by atoms with E-state index in [4.69, 9.17) is 26.7 Å². The van der Waals surface area contributed by atoms with Crippen molar-refractivity contribution in [2.24, 2.45) is 23.1 Å². The number of anilines is 1. The maximum atomic E-state index is 10.2. The summed E-state index contributed by atoms with van der Waals surface area (Å²) in [7, 11) is 3.43. The Morgan fingerprint density at radius 2 is 1.62 bits per heavy atom. The fourth-order valence-corrected chi connectivity index (χ4v) is 5.64. The summed E-state index contributed by atoms with van der Waals surface area (Å²) in [6.45, 7) is 3.65. The standard InChI is InChI=1S/C29H41N5O3/c1-36-29(37-2)21-13-16-33(17-14-21)23-11-9-20(10-12-23)22-6-5-15-34(19-22)26(28(31)32)18-25(30)24-7-3-4-8-27(24)35/h3-4,7-12,18,21-22,29,35H,5-6,13-17,19,30-32H2,1-2H3/b25-18-. The minimum absolute atomic E-state index is 0.121. The van der Waals surface area contributed by atoms with E-state index < -0.39 is 0 Å². The number of para-hydroxylation sites is 1. The predicted octanol–water partition coefficient (Wildman–Crippen LogP) is 3.49. The van der Waals surface area contributed by atoms with E-state index in [1.807, 2.05) is 6.07 Å². The SMILES string of the molecule is COC(OC)C1CCN(c2ccc(C3CCCN(C(/C=C(\N)c4ccccc4O)=C(N)N)C3)cc2)CC1. The summed E-state index contributed by atoms with van der Waals surface area (Å²) >= 11 is 0. The van der Waals surface area contributed by atoms with Gasteiger partial charge in [0.05, 0.1) is 5.70 Å². The third kappa shape index (κ3) is 6.32. The lowest BCUT2D eigenvalue weighted by atomic mass is 9.89. The molecule has 0 bridgehead atoms. The molecule has 2 aromatic rings. The molecule has 2 aromatic carbocycles. The van der Waals surface area contributed by atoms with E-state index in [1.54, 1.807) is 38.5 Å². The van der Waals surface area contributed by atoms with E-state index in [-0.39, 0.29) is 17.9 Å².